The average molecular weight is 332 g/mol. The van der Waals surface area contributed by atoms with E-state index in [1.54, 1.807) is 12.1 Å². The third-order valence-electron chi connectivity index (χ3n) is 4.14. The van der Waals surface area contributed by atoms with E-state index in [1.165, 1.54) is 19.2 Å². The second-order valence-corrected chi connectivity index (χ2v) is 5.52. The Morgan fingerprint density at radius 2 is 1.71 bits per heavy atom. The lowest BCUT2D eigenvalue weighted by atomic mass is 9.84. The Balaban J connectivity index is 0.00000100. The molecule has 0 saturated carbocycles. The summed E-state index contributed by atoms with van der Waals surface area (Å²) >= 11 is 0. The van der Waals surface area contributed by atoms with Crippen LogP contribution < -0.4 is 5.73 Å². The van der Waals surface area contributed by atoms with Gasteiger partial charge in [-0.2, -0.15) is 18.4 Å². The molecule has 0 unspecified atom stereocenters. The van der Waals surface area contributed by atoms with E-state index in [0.29, 0.717) is 5.56 Å². The highest BCUT2D eigenvalue weighted by molar-refractivity contribution is 5.74. The zero-order chi connectivity index (χ0) is 17.7. The van der Waals surface area contributed by atoms with Gasteiger partial charge in [0.1, 0.15) is 0 Å². The van der Waals surface area contributed by atoms with Crippen LogP contribution in [0.3, 0.4) is 0 Å². The van der Waals surface area contributed by atoms with Gasteiger partial charge in [-0.05, 0) is 73.2 Å². The molecule has 3 rings (SSSR count). The van der Waals surface area contributed by atoms with Crippen molar-refractivity contribution >= 4 is 0 Å². The lowest BCUT2D eigenvalue weighted by Gasteiger charge is -2.21. The third kappa shape index (κ3) is 3.60. The summed E-state index contributed by atoms with van der Waals surface area (Å²) in [5, 5.41) is 9.01. The zero-order valence-electron chi connectivity index (χ0n) is 13.5. The molecule has 0 fully saturated rings. The fourth-order valence-corrected chi connectivity index (χ4v) is 3.12. The summed E-state index contributed by atoms with van der Waals surface area (Å²) in [5.74, 6) is 0. The van der Waals surface area contributed by atoms with Crippen LogP contribution in [0.1, 0.15) is 35.1 Å². The molecule has 2 nitrogen and oxygen atoms in total. The molecule has 1 aliphatic rings. The van der Waals surface area contributed by atoms with Crippen LogP contribution in [0.15, 0.2) is 36.4 Å². The van der Waals surface area contributed by atoms with Crippen molar-refractivity contribution in [1.82, 2.24) is 0 Å². The van der Waals surface area contributed by atoms with Gasteiger partial charge in [0.05, 0.1) is 17.2 Å². The molecule has 0 saturated heterocycles. The van der Waals surface area contributed by atoms with Crippen LogP contribution >= 0.6 is 0 Å². The van der Waals surface area contributed by atoms with Crippen molar-refractivity contribution in [3.63, 3.8) is 0 Å². The number of hydrogen-bond acceptors (Lipinski definition) is 2. The summed E-state index contributed by atoms with van der Waals surface area (Å²) in [6.45, 7) is 0. The number of nitriles is 1. The number of fused-ring (bicyclic) bond motifs is 1. The van der Waals surface area contributed by atoms with Gasteiger partial charge < -0.3 is 5.73 Å². The van der Waals surface area contributed by atoms with Gasteiger partial charge in [0, 0.05) is 0 Å². The Kier molecular flexibility index (Phi) is 5.63. The van der Waals surface area contributed by atoms with E-state index in [-0.39, 0.29) is 11.1 Å². The minimum absolute atomic E-state index is 0.116. The van der Waals surface area contributed by atoms with Crippen molar-refractivity contribution in [2.75, 3.05) is 7.05 Å². The first-order chi connectivity index (χ1) is 11.5. The van der Waals surface area contributed by atoms with Crippen LogP contribution in [0, 0.1) is 11.3 Å². The highest BCUT2D eigenvalue weighted by atomic mass is 19.4. The van der Waals surface area contributed by atoms with Crippen molar-refractivity contribution in [2.24, 2.45) is 5.73 Å². The van der Waals surface area contributed by atoms with Crippen LogP contribution in [0.4, 0.5) is 13.2 Å². The molecule has 5 heteroatoms. The topological polar surface area (TPSA) is 49.8 Å². The Labute approximate surface area is 139 Å². The number of nitrogens with two attached hydrogens (primary N) is 1. The Hall–Kier alpha value is -2.32. The summed E-state index contributed by atoms with van der Waals surface area (Å²) < 4.78 is 40.0. The predicted octanol–water partition coefficient (Wildman–Crippen LogP) is 4.70. The van der Waals surface area contributed by atoms with E-state index in [0.717, 1.165) is 42.9 Å². The molecule has 0 radical (unpaired) electrons. The minimum Gasteiger partial charge on any atom is -0.333 e. The summed E-state index contributed by atoms with van der Waals surface area (Å²) in [7, 11) is 1.50. The van der Waals surface area contributed by atoms with Gasteiger partial charge in [-0.15, -0.1) is 0 Å². The summed E-state index contributed by atoms with van der Waals surface area (Å²) in [4.78, 5) is 0. The third-order valence-corrected chi connectivity index (χ3v) is 4.14. The van der Waals surface area contributed by atoms with Crippen LogP contribution in [0.25, 0.3) is 11.1 Å². The maximum absolute atomic E-state index is 13.3. The Bertz CT molecular complexity index is 758. The smallest absolute Gasteiger partial charge is 0.333 e. The molecule has 24 heavy (non-hydrogen) atoms. The van der Waals surface area contributed by atoms with Gasteiger partial charge in [-0.25, -0.2) is 0 Å². The molecule has 0 aromatic heterocycles. The monoisotopic (exact) mass is 332 g/mol. The summed E-state index contributed by atoms with van der Waals surface area (Å²) in [6, 6.07) is 11.0. The number of halogens is 3. The highest BCUT2D eigenvalue weighted by Crippen LogP contribution is 2.40. The maximum Gasteiger partial charge on any atom is 0.417 e. The molecule has 2 aromatic rings. The Morgan fingerprint density at radius 3 is 2.38 bits per heavy atom. The quantitative estimate of drug-likeness (QED) is 0.823. The fraction of sp³-hybridized carbons (Fsp3) is 0.316. The zero-order valence-corrected chi connectivity index (χ0v) is 13.5. The molecule has 0 aliphatic heterocycles. The van der Waals surface area contributed by atoms with Crippen LogP contribution in [-0.2, 0) is 19.0 Å². The molecule has 2 N–H and O–H groups in total. The molecule has 0 heterocycles. The first kappa shape index (κ1) is 18.0. The highest BCUT2D eigenvalue weighted by Gasteiger charge is 2.34. The predicted molar refractivity (Wildman–Crippen MR) is 88.3 cm³/mol. The molecule has 126 valence electrons. The van der Waals surface area contributed by atoms with Gasteiger partial charge in [-0.3, -0.25) is 0 Å². The van der Waals surface area contributed by atoms with E-state index in [9.17, 15) is 13.2 Å². The number of alkyl halides is 3. The number of rotatable bonds is 1. The van der Waals surface area contributed by atoms with E-state index in [1.807, 2.05) is 12.1 Å². The van der Waals surface area contributed by atoms with E-state index < -0.39 is 11.7 Å². The first-order valence-corrected chi connectivity index (χ1v) is 7.81. The lowest BCUT2D eigenvalue weighted by Crippen LogP contribution is -2.10. The summed E-state index contributed by atoms with van der Waals surface area (Å²) in [5.41, 5.74) is 6.92. The fourth-order valence-electron chi connectivity index (χ4n) is 3.12. The van der Waals surface area contributed by atoms with Gasteiger partial charge in [0.2, 0.25) is 0 Å². The molecule has 0 atom stereocenters. The number of aryl methyl sites for hydroxylation is 1. The van der Waals surface area contributed by atoms with E-state index in [2.05, 4.69) is 5.73 Å². The van der Waals surface area contributed by atoms with Crippen molar-refractivity contribution in [2.45, 2.75) is 31.9 Å². The normalized spacial score (nSPS) is 13.3. The minimum atomic E-state index is -4.43. The molecule has 2 aromatic carbocycles. The number of hydrogen-bond donors (Lipinski definition) is 1. The second-order valence-electron chi connectivity index (χ2n) is 5.52. The van der Waals surface area contributed by atoms with Gasteiger partial charge >= 0.3 is 6.18 Å². The van der Waals surface area contributed by atoms with Gasteiger partial charge in [0.15, 0.2) is 0 Å². The molecule has 0 bridgehead atoms. The van der Waals surface area contributed by atoms with E-state index in [4.69, 9.17) is 5.26 Å². The SMILES string of the molecule is CN.N#Cc1ccc(C(F)(F)F)c(-c2cccc3c2CCCC3)c1. The number of benzene rings is 2. The van der Waals surface area contributed by atoms with Crippen LogP contribution in [0.2, 0.25) is 0 Å². The molecule has 1 aliphatic carbocycles. The van der Waals surface area contributed by atoms with Crippen LogP contribution in [0.5, 0.6) is 0 Å². The Morgan fingerprint density at radius 1 is 1.00 bits per heavy atom. The molecular formula is C19H19F3N2. The average Bonchev–Trinajstić information content (AvgIpc) is 2.61. The van der Waals surface area contributed by atoms with E-state index >= 15 is 0 Å². The van der Waals surface area contributed by atoms with Crippen molar-refractivity contribution in [3.8, 4) is 17.2 Å². The second kappa shape index (κ2) is 7.50. The standard InChI is InChI=1S/C18H14F3N.CH5N/c19-18(20,21)17-9-8-12(11-22)10-16(17)15-7-3-5-13-4-1-2-6-14(13)15;1-2/h3,5,7-10H,1-2,4,6H2;2H2,1H3. The van der Waals surface area contributed by atoms with Crippen molar-refractivity contribution in [1.29, 1.82) is 5.26 Å². The number of nitrogens with zero attached hydrogens (tertiary/aromatic N) is 1. The molecule has 0 amide bonds. The maximum atomic E-state index is 13.3. The van der Waals surface area contributed by atoms with Crippen molar-refractivity contribution in [3.05, 3.63) is 58.7 Å². The summed E-state index contributed by atoms with van der Waals surface area (Å²) in [6.07, 6.45) is -0.674. The first-order valence-electron chi connectivity index (χ1n) is 7.81. The lowest BCUT2D eigenvalue weighted by molar-refractivity contribution is -0.137. The molecule has 0 spiro atoms. The van der Waals surface area contributed by atoms with Crippen molar-refractivity contribution < 1.29 is 13.2 Å². The van der Waals surface area contributed by atoms with Crippen LogP contribution in [-0.4, -0.2) is 7.05 Å². The largest absolute Gasteiger partial charge is 0.417 e. The van der Waals surface area contributed by atoms with Gasteiger partial charge in [0.25, 0.3) is 0 Å². The van der Waals surface area contributed by atoms with Gasteiger partial charge in [-0.1, -0.05) is 18.2 Å². The molecular weight excluding hydrogens is 313 g/mol.